The number of carbonyl (C=O) groups is 1. The maximum absolute atomic E-state index is 11.0. The molecule has 9 nitrogen and oxygen atoms in total. The van der Waals surface area contributed by atoms with Crippen LogP contribution in [0.5, 0.6) is 0 Å². The van der Waals surface area contributed by atoms with Crippen LogP contribution in [0.4, 0.5) is 4.79 Å². The molecule has 0 aliphatic heterocycles. The van der Waals surface area contributed by atoms with Crippen molar-refractivity contribution >= 4 is 6.09 Å². The van der Waals surface area contributed by atoms with Gasteiger partial charge in [0.25, 0.3) is 0 Å². The minimum absolute atomic E-state index is 0.0922. The molecule has 0 bridgehead atoms. The molecule has 2 rings (SSSR count). The summed E-state index contributed by atoms with van der Waals surface area (Å²) in [6.07, 6.45) is 0.800. The number of amides is 1. The normalized spacial score (nSPS) is 11.4. The molecule has 1 atom stereocenters. The van der Waals surface area contributed by atoms with Crippen molar-refractivity contribution in [3.05, 3.63) is 41.2 Å². The molecular weight excluding hydrogens is 362 g/mol. The number of hydrogen-bond donors (Lipinski definition) is 4. The maximum atomic E-state index is 11.0. The number of aliphatic hydroxyl groups is 2. The molecule has 4 N–H and O–H groups in total. The Bertz CT molecular complexity index is 703. The van der Waals surface area contributed by atoms with E-state index in [0.29, 0.717) is 24.5 Å². The smallest absolute Gasteiger partial charge is 0.406 e. The van der Waals surface area contributed by atoms with E-state index in [4.69, 9.17) is 0 Å². The van der Waals surface area contributed by atoms with E-state index in [1.807, 2.05) is 31.2 Å². The van der Waals surface area contributed by atoms with Crippen LogP contribution >= 0.6 is 0 Å². The highest BCUT2D eigenvalue weighted by Gasteiger charge is 2.13. The number of aliphatic hydroxyl groups excluding tert-OH is 2. The Morgan fingerprint density at radius 3 is 2.36 bits per heavy atom. The summed E-state index contributed by atoms with van der Waals surface area (Å²) in [5.41, 5.74) is 2.64. The van der Waals surface area contributed by atoms with Gasteiger partial charge in [0.1, 0.15) is 5.69 Å². The number of methoxy groups -OCH3 is 1. The lowest BCUT2D eigenvalue weighted by Gasteiger charge is -2.15. The molecule has 0 aliphatic rings. The standard InChI is InChI=1S/C16H23N5O4.C3H8/c1-11(17-7-8-18-16(24)25-2)12-3-5-13(6-4-12)21-15(10-23)14(9-22)19-20-21;1-3-2/h3-6,11,17,22-23H,7-10H2,1-2H3,(H,18,24);3H2,1-2H3. The molecule has 156 valence electrons. The molecule has 0 saturated carbocycles. The Kier molecular flexibility index (Phi) is 10.8. The Morgan fingerprint density at radius 1 is 1.18 bits per heavy atom. The van der Waals surface area contributed by atoms with Crippen LogP contribution in [0.25, 0.3) is 5.69 Å². The number of carbonyl (C=O) groups excluding carboxylic acids is 1. The number of ether oxygens (including phenoxy) is 1. The summed E-state index contributed by atoms with van der Waals surface area (Å²) in [5.74, 6) is 0. The van der Waals surface area contributed by atoms with Crippen molar-refractivity contribution in [2.24, 2.45) is 0 Å². The minimum atomic E-state index is -0.450. The molecule has 0 spiro atoms. The fraction of sp³-hybridized carbons (Fsp3) is 0.526. The molecule has 0 radical (unpaired) electrons. The molecule has 0 fully saturated rings. The van der Waals surface area contributed by atoms with Crippen LogP contribution in [-0.4, -0.2) is 51.5 Å². The first kappa shape index (κ1) is 23.5. The fourth-order valence-corrected chi connectivity index (χ4v) is 2.37. The summed E-state index contributed by atoms with van der Waals surface area (Å²) in [6.45, 7) is 6.82. The summed E-state index contributed by atoms with van der Waals surface area (Å²) in [4.78, 5) is 11.0. The minimum Gasteiger partial charge on any atom is -0.453 e. The maximum Gasteiger partial charge on any atom is 0.406 e. The second-order valence-corrected chi connectivity index (χ2v) is 6.10. The van der Waals surface area contributed by atoms with Crippen molar-refractivity contribution in [3.8, 4) is 5.69 Å². The third-order valence-corrected chi connectivity index (χ3v) is 3.81. The zero-order chi connectivity index (χ0) is 20.9. The highest BCUT2D eigenvalue weighted by Crippen LogP contribution is 2.17. The van der Waals surface area contributed by atoms with E-state index < -0.39 is 6.09 Å². The monoisotopic (exact) mass is 393 g/mol. The molecule has 1 aromatic heterocycles. The van der Waals surface area contributed by atoms with Gasteiger partial charge in [-0.3, -0.25) is 0 Å². The van der Waals surface area contributed by atoms with E-state index in [9.17, 15) is 15.0 Å². The second-order valence-electron chi connectivity index (χ2n) is 6.10. The SMILES string of the molecule is CCC.COC(=O)NCCNC(C)c1ccc(-n2nnc(CO)c2CO)cc1. The van der Waals surface area contributed by atoms with Crippen LogP contribution in [0.15, 0.2) is 24.3 Å². The number of rotatable bonds is 8. The Balaban J connectivity index is 0.00000122. The van der Waals surface area contributed by atoms with Crippen LogP contribution in [0.3, 0.4) is 0 Å². The van der Waals surface area contributed by atoms with Gasteiger partial charge in [-0.05, 0) is 24.6 Å². The highest BCUT2D eigenvalue weighted by molar-refractivity contribution is 5.66. The van der Waals surface area contributed by atoms with Crippen molar-refractivity contribution in [1.29, 1.82) is 0 Å². The van der Waals surface area contributed by atoms with E-state index in [-0.39, 0.29) is 19.3 Å². The predicted molar refractivity (Wildman–Crippen MR) is 106 cm³/mol. The summed E-state index contributed by atoms with van der Waals surface area (Å²) in [6, 6.07) is 7.73. The third kappa shape index (κ3) is 6.91. The van der Waals surface area contributed by atoms with Gasteiger partial charge < -0.3 is 25.6 Å². The number of benzene rings is 1. The van der Waals surface area contributed by atoms with Crippen molar-refractivity contribution in [1.82, 2.24) is 25.6 Å². The largest absolute Gasteiger partial charge is 0.453 e. The average molecular weight is 393 g/mol. The first-order valence-corrected chi connectivity index (χ1v) is 9.32. The molecule has 0 aliphatic carbocycles. The summed E-state index contributed by atoms with van der Waals surface area (Å²) >= 11 is 0. The third-order valence-electron chi connectivity index (χ3n) is 3.81. The first-order valence-electron chi connectivity index (χ1n) is 9.32. The highest BCUT2D eigenvalue weighted by atomic mass is 16.5. The van der Waals surface area contributed by atoms with Gasteiger partial charge in [-0.15, -0.1) is 5.10 Å². The summed E-state index contributed by atoms with van der Waals surface area (Å²) < 4.78 is 6.01. The first-order chi connectivity index (χ1) is 13.5. The number of alkyl carbamates (subject to hydrolysis) is 1. The average Bonchev–Trinajstić information content (AvgIpc) is 3.14. The number of hydrogen-bond acceptors (Lipinski definition) is 7. The molecule has 28 heavy (non-hydrogen) atoms. The quantitative estimate of drug-likeness (QED) is 0.503. The van der Waals surface area contributed by atoms with E-state index in [2.05, 4.69) is 39.5 Å². The van der Waals surface area contributed by atoms with Gasteiger partial charge in [-0.25, -0.2) is 9.48 Å². The van der Waals surface area contributed by atoms with Crippen LogP contribution in [-0.2, 0) is 18.0 Å². The van der Waals surface area contributed by atoms with Gasteiger partial charge in [-0.2, -0.15) is 0 Å². The van der Waals surface area contributed by atoms with Crippen LogP contribution in [0.2, 0.25) is 0 Å². The lowest BCUT2D eigenvalue weighted by molar-refractivity contribution is 0.171. The van der Waals surface area contributed by atoms with Crippen molar-refractivity contribution in [2.75, 3.05) is 20.2 Å². The molecule has 1 unspecified atom stereocenters. The van der Waals surface area contributed by atoms with Crippen molar-refractivity contribution in [3.63, 3.8) is 0 Å². The van der Waals surface area contributed by atoms with Crippen molar-refractivity contribution in [2.45, 2.75) is 46.4 Å². The topological polar surface area (TPSA) is 122 Å². The number of nitrogens with one attached hydrogen (secondary N) is 2. The lowest BCUT2D eigenvalue weighted by atomic mass is 10.1. The van der Waals surface area contributed by atoms with E-state index in [1.165, 1.54) is 18.2 Å². The van der Waals surface area contributed by atoms with Crippen molar-refractivity contribution < 1.29 is 19.7 Å². The number of nitrogens with zero attached hydrogens (tertiary/aromatic N) is 3. The summed E-state index contributed by atoms with van der Waals surface area (Å²) in [7, 11) is 1.33. The predicted octanol–water partition coefficient (Wildman–Crippen LogP) is 1.67. The Hall–Kier alpha value is -2.49. The van der Waals surface area contributed by atoms with E-state index >= 15 is 0 Å². The van der Waals surface area contributed by atoms with Gasteiger partial charge in [-0.1, -0.05) is 37.6 Å². The molecule has 1 aromatic carbocycles. The molecule has 0 saturated heterocycles. The van der Waals surface area contributed by atoms with Crippen LogP contribution in [0.1, 0.15) is 50.2 Å². The number of aromatic nitrogens is 3. The molecule has 1 amide bonds. The second kappa shape index (κ2) is 12.8. The Morgan fingerprint density at radius 2 is 1.82 bits per heavy atom. The van der Waals surface area contributed by atoms with Gasteiger partial charge in [0.2, 0.25) is 0 Å². The Labute approximate surface area is 165 Å². The molecule has 1 heterocycles. The van der Waals surface area contributed by atoms with Gasteiger partial charge >= 0.3 is 6.09 Å². The van der Waals surface area contributed by atoms with E-state index in [0.717, 1.165) is 11.3 Å². The van der Waals surface area contributed by atoms with Gasteiger partial charge in [0.05, 0.1) is 31.7 Å². The van der Waals surface area contributed by atoms with Gasteiger partial charge in [0.15, 0.2) is 0 Å². The van der Waals surface area contributed by atoms with Gasteiger partial charge in [0, 0.05) is 19.1 Å². The zero-order valence-electron chi connectivity index (χ0n) is 17.0. The lowest BCUT2D eigenvalue weighted by Crippen LogP contribution is -2.32. The van der Waals surface area contributed by atoms with Crippen LogP contribution in [0, 0.1) is 0 Å². The molecule has 9 heteroatoms. The molecule has 2 aromatic rings. The van der Waals surface area contributed by atoms with Crippen LogP contribution < -0.4 is 10.6 Å². The fourth-order valence-electron chi connectivity index (χ4n) is 2.37. The summed E-state index contributed by atoms with van der Waals surface area (Å²) in [5, 5.41) is 32.4. The zero-order valence-corrected chi connectivity index (χ0v) is 17.0. The van der Waals surface area contributed by atoms with E-state index in [1.54, 1.807) is 0 Å². The molecular formula is C19H31N5O4.